The molecule has 1 aromatic rings. The summed E-state index contributed by atoms with van der Waals surface area (Å²) >= 11 is 0. The third kappa shape index (κ3) is 4.42. The van der Waals surface area contributed by atoms with Gasteiger partial charge in [0.2, 0.25) is 0 Å². The quantitative estimate of drug-likeness (QED) is 0.775. The lowest BCUT2D eigenvalue weighted by Gasteiger charge is -2.21. The summed E-state index contributed by atoms with van der Waals surface area (Å²) in [6.45, 7) is 3.84. The molecule has 0 fully saturated rings. The zero-order valence-corrected chi connectivity index (χ0v) is 10.7. The minimum atomic E-state index is -4.50. The Hall–Kier alpha value is -1.79. The highest BCUT2D eigenvalue weighted by molar-refractivity contribution is 5.75. The van der Waals surface area contributed by atoms with Crippen LogP contribution in [0.15, 0.2) is 18.2 Å². The molecule has 0 aliphatic heterocycles. The van der Waals surface area contributed by atoms with E-state index >= 15 is 0 Å². The van der Waals surface area contributed by atoms with Gasteiger partial charge in [-0.3, -0.25) is 4.79 Å². The van der Waals surface area contributed by atoms with Crippen molar-refractivity contribution in [2.45, 2.75) is 20.0 Å². The molecule has 0 aliphatic carbocycles. The molecule has 106 valence electrons. The van der Waals surface area contributed by atoms with E-state index in [-0.39, 0.29) is 19.0 Å². The van der Waals surface area contributed by atoms with E-state index in [1.54, 1.807) is 13.8 Å². The maximum Gasteiger partial charge on any atom is 0.433 e. The summed E-state index contributed by atoms with van der Waals surface area (Å²) in [6, 6.07) is 3.58. The number of hydrogen-bond acceptors (Lipinski definition) is 4. The number of anilines is 1. The van der Waals surface area contributed by atoms with Gasteiger partial charge in [-0.1, -0.05) is 6.07 Å². The highest BCUT2D eigenvalue weighted by Gasteiger charge is 2.32. The van der Waals surface area contributed by atoms with Gasteiger partial charge in [-0.05, 0) is 26.0 Å². The van der Waals surface area contributed by atoms with Crippen LogP contribution in [0, 0.1) is 0 Å². The van der Waals surface area contributed by atoms with Gasteiger partial charge in [0.1, 0.15) is 18.1 Å². The molecule has 1 heterocycles. The molecular formula is C12H15F3N2O2. The molecule has 0 bridgehead atoms. The van der Waals surface area contributed by atoms with Gasteiger partial charge in [0.25, 0.3) is 0 Å². The molecule has 7 heteroatoms. The van der Waals surface area contributed by atoms with Crippen LogP contribution >= 0.6 is 0 Å². The van der Waals surface area contributed by atoms with Gasteiger partial charge in [-0.25, -0.2) is 4.98 Å². The van der Waals surface area contributed by atoms with Crippen LogP contribution in [-0.4, -0.2) is 30.6 Å². The van der Waals surface area contributed by atoms with Crippen molar-refractivity contribution in [2.24, 2.45) is 0 Å². The highest BCUT2D eigenvalue weighted by Crippen LogP contribution is 2.28. The van der Waals surface area contributed by atoms with Crippen molar-refractivity contribution < 1.29 is 22.7 Å². The number of pyridine rings is 1. The molecule has 0 atom stereocenters. The molecule has 0 radical (unpaired) electrons. The number of hydrogen-bond donors (Lipinski definition) is 0. The highest BCUT2D eigenvalue weighted by atomic mass is 19.4. The van der Waals surface area contributed by atoms with Crippen LogP contribution in [0.5, 0.6) is 0 Å². The van der Waals surface area contributed by atoms with E-state index < -0.39 is 17.8 Å². The number of carbonyl (C=O) groups excluding carboxylic acids is 1. The second-order valence-electron chi connectivity index (χ2n) is 3.70. The number of carbonyl (C=O) groups is 1. The van der Waals surface area contributed by atoms with Crippen LogP contribution in [0.25, 0.3) is 0 Å². The largest absolute Gasteiger partial charge is 0.465 e. The van der Waals surface area contributed by atoms with Gasteiger partial charge in [-0.15, -0.1) is 0 Å². The van der Waals surface area contributed by atoms with Crippen molar-refractivity contribution in [1.82, 2.24) is 4.98 Å². The Morgan fingerprint density at radius 3 is 2.58 bits per heavy atom. The summed E-state index contributed by atoms with van der Waals surface area (Å²) in [6.07, 6.45) is -4.50. The summed E-state index contributed by atoms with van der Waals surface area (Å²) in [7, 11) is 0. The van der Waals surface area contributed by atoms with Crippen molar-refractivity contribution in [3.63, 3.8) is 0 Å². The second-order valence-corrected chi connectivity index (χ2v) is 3.70. The van der Waals surface area contributed by atoms with Gasteiger partial charge in [0, 0.05) is 6.54 Å². The number of halogens is 3. The molecule has 0 spiro atoms. The average molecular weight is 276 g/mol. The fraction of sp³-hybridized carbons (Fsp3) is 0.500. The SMILES string of the molecule is CCOC(=O)CN(CC)c1cccc(C(F)(F)F)n1. The van der Waals surface area contributed by atoms with Crippen molar-refractivity contribution in [3.05, 3.63) is 23.9 Å². The number of alkyl halides is 3. The standard InChI is InChI=1S/C12H15F3N2O2/c1-3-17(8-11(18)19-4-2)10-7-5-6-9(16-10)12(13,14)15/h5-7H,3-4,8H2,1-2H3. The Balaban J connectivity index is 2.90. The minimum Gasteiger partial charge on any atom is -0.465 e. The van der Waals surface area contributed by atoms with E-state index in [4.69, 9.17) is 4.74 Å². The molecule has 0 saturated carbocycles. The number of aromatic nitrogens is 1. The zero-order valence-electron chi connectivity index (χ0n) is 10.7. The predicted octanol–water partition coefficient (Wildman–Crippen LogP) is 2.49. The number of rotatable bonds is 5. The molecule has 4 nitrogen and oxygen atoms in total. The summed E-state index contributed by atoms with van der Waals surface area (Å²) in [5, 5.41) is 0. The first kappa shape index (κ1) is 15.3. The fourth-order valence-corrected chi connectivity index (χ4v) is 1.47. The van der Waals surface area contributed by atoms with Crippen molar-refractivity contribution >= 4 is 11.8 Å². The van der Waals surface area contributed by atoms with Crippen LogP contribution in [0.1, 0.15) is 19.5 Å². The minimum absolute atomic E-state index is 0.102. The molecule has 0 saturated heterocycles. The van der Waals surface area contributed by atoms with E-state index in [1.165, 1.54) is 17.0 Å². The van der Waals surface area contributed by atoms with Crippen LogP contribution < -0.4 is 4.90 Å². The number of likely N-dealkylation sites (N-methyl/N-ethyl adjacent to an activating group) is 1. The normalized spacial score (nSPS) is 11.2. The Morgan fingerprint density at radius 1 is 1.37 bits per heavy atom. The van der Waals surface area contributed by atoms with E-state index in [2.05, 4.69) is 4.98 Å². The first-order chi connectivity index (χ1) is 8.88. The first-order valence-electron chi connectivity index (χ1n) is 5.83. The maximum atomic E-state index is 12.5. The van der Waals surface area contributed by atoms with Gasteiger partial charge >= 0.3 is 12.1 Å². The third-order valence-corrected chi connectivity index (χ3v) is 2.36. The molecule has 0 aromatic carbocycles. The monoisotopic (exact) mass is 276 g/mol. The zero-order chi connectivity index (χ0) is 14.5. The topological polar surface area (TPSA) is 42.4 Å². The van der Waals surface area contributed by atoms with E-state index in [1.807, 2.05) is 0 Å². The van der Waals surface area contributed by atoms with Crippen LogP contribution in [-0.2, 0) is 15.7 Å². The molecule has 0 aliphatic rings. The van der Waals surface area contributed by atoms with Gasteiger partial charge in [-0.2, -0.15) is 13.2 Å². The Bertz CT molecular complexity index is 435. The van der Waals surface area contributed by atoms with Gasteiger partial charge in [0.05, 0.1) is 6.61 Å². The van der Waals surface area contributed by atoms with Crippen LogP contribution in [0.2, 0.25) is 0 Å². The Morgan fingerprint density at radius 2 is 2.05 bits per heavy atom. The molecule has 0 unspecified atom stereocenters. The molecule has 0 amide bonds. The van der Waals surface area contributed by atoms with Crippen molar-refractivity contribution in [2.75, 3.05) is 24.6 Å². The third-order valence-electron chi connectivity index (χ3n) is 2.36. The average Bonchev–Trinajstić information content (AvgIpc) is 2.35. The lowest BCUT2D eigenvalue weighted by Crippen LogP contribution is -2.31. The summed E-state index contributed by atoms with van der Waals surface area (Å²) in [5.41, 5.74) is -0.979. The second kappa shape index (κ2) is 6.40. The number of esters is 1. The lowest BCUT2D eigenvalue weighted by molar-refractivity contribution is -0.141. The van der Waals surface area contributed by atoms with Crippen LogP contribution in [0.3, 0.4) is 0 Å². The van der Waals surface area contributed by atoms with Crippen molar-refractivity contribution in [3.8, 4) is 0 Å². The molecule has 19 heavy (non-hydrogen) atoms. The molecule has 0 N–H and O–H groups in total. The maximum absolute atomic E-state index is 12.5. The van der Waals surface area contributed by atoms with Crippen molar-refractivity contribution in [1.29, 1.82) is 0 Å². The summed E-state index contributed by atoms with van der Waals surface area (Å²) in [4.78, 5) is 16.3. The van der Waals surface area contributed by atoms with Gasteiger partial charge in [0.15, 0.2) is 0 Å². The molecule has 1 rings (SSSR count). The van der Waals surface area contributed by atoms with Crippen LogP contribution in [0.4, 0.5) is 19.0 Å². The number of nitrogens with zero attached hydrogens (tertiary/aromatic N) is 2. The van der Waals surface area contributed by atoms with E-state index in [0.29, 0.717) is 6.54 Å². The first-order valence-corrected chi connectivity index (χ1v) is 5.83. The Kier molecular flexibility index (Phi) is 5.14. The van der Waals surface area contributed by atoms with E-state index in [0.717, 1.165) is 6.07 Å². The fourth-order valence-electron chi connectivity index (χ4n) is 1.47. The predicted molar refractivity (Wildman–Crippen MR) is 63.8 cm³/mol. The smallest absolute Gasteiger partial charge is 0.433 e. The lowest BCUT2D eigenvalue weighted by atomic mass is 10.3. The van der Waals surface area contributed by atoms with E-state index in [9.17, 15) is 18.0 Å². The molecule has 1 aromatic heterocycles. The summed E-state index contributed by atoms with van der Waals surface area (Å²) in [5.74, 6) is -0.395. The Labute approximate surface area is 109 Å². The summed E-state index contributed by atoms with van der Waals surface area (Å²) < 4.78 is 42.4. The molecular weight excluding hydrogens is 261 g/mol. The van der Waals surface area contributed by atoms with Gasteiger partial charge < -0.3 is 9.64 Å². The number of ether oxygens (including phenoxy) is 1.